The lowest BCUT2D eigenvalue weighted by Crippen LogP contribution is -2.26. The number of carbonyl (C=O) groups is 1. The number of carbonyl (C=O) groups excluding carboxylic acids is 1. The van der Waals surface area contributed by atoms with Gasteiger partial charge in [0.2, 0.25) is 0 Å². The Kier molecular flexibility index (Phi) is 5.84. The number of benzene rings is 2. The van der Waals surface area contributed by atoms with Crippen molar-refractivity contribution < 1.29 is 9.53 Å². The molecule has 0 aliphatic carbocycles. The molecule has 0 heterocycles. The maximum absolute atomic E-state index is 12.3. The van der Waals surface area contributed by atoms with Crippen LogP contribution in [0.25, 0.3) is 0 Å². The van der Waals surface area contributed by atoms with Crippen LogP contribution >= 0.6 is 11.6 Å². The predicted octanol–water partition coefficient (Wildman–Crippen LogP) is 4.02. The van der Waals surface area contributed by atoms with Crippen molar-refractivity contribution in [3.8, 4) is 5.75 Å². The Morgan fingerprint density at radius 1 is 1.18 bits per heavy atom. The molecular formula is C18H20ClNO2. The van der Waals surface area contributed by atoms with E-state index in [0.717, 1.165) is 6.42 Å². The second-order valence-corrected chi connectivity index (χ2v) is 5.50. The Morgan fingerprint density at radius 2 is 1.91 bits per heavy atom. The molecule has 0 bridgehead atoms. The summed E-state index contributed by atoms with van der Waals surface area (Å²) in [5, 5.41) is 3.43. The summed E-state index contributed by atoms with van der Waals surface area (Å²) in [5.74, 6) is 0.387. The third-order valence-corrected chi connectivity index (χ3v) is 3.54. The van der Waals surface area contributed by atoms with Gasteiger partial charge in [0.15, 0.2) is 0 Å². The summed E-state index contributed by atoms with van der Waals surface area (Å²) in [5.41, 5.74) is 2.90. The molecule has 0 aliphatic rings. The highest BCUT2D eigenvalue weighted by atomic mass is 35.5. The van der Waals surface area contributed by atoms with Gasteiger partial charge in [0.1, 0.15) is 5.75 Å². The van der Waals surface area contributed by atoms with Crippen LogP contribution in [0.15, 0.2) is 42.5 Å². The summed E-state index contributed by atoms with van der Waals surface area (Å²) >= 11 is 5.97. The van der Waals surface area contributed by atoms with Gasteiger partial charge < -0.3 is 10.1 Å². The van der Waals surface area contributed by atoms with Crippen LogP contribution in [0.3, 0.4) is 0 Å². The minimum Gasteiger partial charge on any atom is -0.493 e. The van der Waals surface area contributed by atoms with Crippen molar-refractivity contribution in [2.45, 2.75) is 20.3 Å². The minimum atomic E-state index is -0.168. The van der Waals surface area contributed by atoms with Crippen LogP contribution in [-0.2, 0) is 6.42 Å². The summed E-state index contributed by atoms with van der Waals surface area (Å²) < 4.78 is 5.47. The zero-order valence-corrected chi connectivity index (χ0v) is 13.6. The van der Waals surface area contributed by atoms with Crippen LogP contribution in [0.1, 0.15) is 28.4 Å². The molecule has 0 saturated heterocycles. The number of hydrogen-bond donors (Lipinski definition) is 1. The third-order valence-electron chi connectivity index (χ3n) is 3.31. The number of ether oxygens (including phenoxy) is 1. The van der Waals surface area contributed by atoms with Gasteiger partial charge in [0.05, 0.1) is 12.2 Å². The molecule has 2 aromatic carbocycles. The van der Waals surface area contributed by atoms with Crippen LogP contribution in [0.4, 0.5) is 0 Å². The fourth-order valence-corrected chi connectivity index (χ4v) is 2.30. The standard InChI is InChI=1S/C18H20ClNO2/c1-3-22-17-9-8-15(19)12-16(17)18(21)20-11-10-14-6-4-13(2)5-7-14/h4-9,12H,3,10-11H2,1-2H3,(H,20,21). The Labute approximate surface area is 136 Å². The predicted molar refractivity (Wildman–Crippen MR) is 89.8 cm³/mol. The van der Waals surface area contributed by atoms with Crippen molar-refractivity contribution in [1.82, 2.24) is 5.32 Å². The van der Waals surface area contributed by atoms with Crippen molar-refractivity contribution in [2.24, 2.45) is 0 Å². The van der Waals surface area contributed by atoms with Gasteiger partial charge in [-0.1, -0.05) is 41.4 Å². The number of aryl methyl sites for hydroxylation is 1. The number of amides is 1. The highest BCUT2D eigenvalue weighted by Gasteiger charge is 2.12. The molecular weight excluding hydrogens is 298 g/mol. The third kappa shape index (κ3) is 4.50. The number of hydrogen-bond acceptors (Lipinski definition) is 2. The van der Waals surface area contributed by atoms with Crippen molar-refractivity contribution in [3.63, 3.8) is 0 Å². The van der Waals surface area contributed by atoms with E-state index in [-0.39, 0.29) is 5.91 Å². The molecule has 0 radical (unpaired) electrons. The molecule has 1 N–H and O–H groups in total. The van der Waals surface area contributed by atoms with Gasteiger partial charge in [-0.25, -0.2) is 0 Å². The van der Waals surface area contributed by atoms with Gasteiger partial charge in [0.25, 0.3) is 5.91 Å². The first-order valence-corrected chi connectivity index (χ1v) is 7.74. The first-order chi connectivity index (χ1) is 10.6. The van der Waals surface area contributed by atoms with Crippen molar-refractivity contribution in [3.05, 3.63) is 64.2 Å². The molecule has 1 amide bonds. The van der Waals surface area contributed by atoms with E-state index in [1.165, 1.54) is 11.1 Å². The van der Waals surface area contributed by atoms with Crippen LogP contribution in [0, 0.1) is 6.92 Å². The van der Waals surface area contributed by atoms with E-state index >= 15 is 0 Å². The summed E-state index contributed by atoms with van der Waals surface area (Å²) in [6.45, 7) is 5.01. The quantitative estimate of drug-likeness (QED) is 0.874. The first kappa shape index (κ1) is 16.4. The summed E-state index contributed by atoms with van der Waals surface area (Å²) in [4.78, 5) is 12.3. The lowest BCUT2D eigenvalue weighted by Gasteiger charge is -2.11. The average molecular weight is 318 g/mol. The van der Waals surface area contributed by atoms with Gasteiger partial charge in [-0.05, 0) is 44.0 Å². The highest BCUT2D eigenvalue weighted by Crippen LogP contribution is 2.22. The zero-order chi connectivity index (χ0) is 15.9. The SMILES string of the molecule is CCOc1ccc(Cl)cc1C(=O)NCCc1ccc(C)cc1. The Balaban J connectivity index is 1.97. The van der Waals surface area contributed by atoms with E-state index < -0.39 is 0 Å². The lowest BCUT2D eigenvalue weighted by molar-refractivity contribution is 0.0950. The Bertz CT molecular complexity index is 638. The molecule has 0 spiro atoms. The maximum Gasteiger partial charge on any atom is 0.255 e. The molecule has 0 aromatic heterocycles. The fraction of sp³-hybridized carbons (Fsp3) is 0.278. The minimum absolute atomic E-state index is 0.168. The van der Waals surface area contributed by atoms with E-state index in [2.05, 4.69) is 36.5 Å². The summed E-state index contributed by atoms with van der Waals surface area (Å²) in [7, 11) is 0. The second kappa shape index (κ2) is 7.85. The van der Waals surface area contributed by atoms with Crippen molar-refractivity contribution in [1.29, 1.82) is 0 Å². The van der Waals surface area contributed by atoms with Gasteiger partial charge in [-0.2, -0.15) is 0 Å². The van der Waals surface area contributed by atoms with E-state index in [9.17, 15) is 4.79 Å². The topological polar surface area (TPSA) is 38.3 Å². The van der Waals surface area contributed by atoms with Crippen LogP contribution < -0.4 is 10.1 Å². The molecule has 0 fully saturated rings. The molecule has 0 aliphatic heterocycles. The number of nitrogens with one attached hydrogen (secondary N) is 1. The number of halogens is 1. The summed E-state index contributed by atoms with van der Waals surface area (Å²) in [6.07, 6.45) is 0.788. The molecule has 4 heteroatoms. The normalized spacial score (nSPS) is 10.3. The molecule has 22 heavy (non-hydrogen) atoms. The second-order valence-electron chi connectivity index (χ2n) is 5.06. The fourth-order valence-electron chi connectivity index (χ4n) is 2.13. The van der Waals surface area contributed by atoms with Gasteiger partial charge in [-0.3, -0.25) is 4.79 Å². The highest BCUT2D eigenvalue weighted by molar-refractivity contribution is 6.31. The summed E-state index contributed by atoms with van der Waals surface area (Å²) in [6, 6.07) is 13.4. The Hall–Kier alpha value is -2.00. The van der Waals surface area contributed by atoms with Gasteiger partial charge in [-0.15, -0.1) is 0 Å². The van der Waals surface area contributed by atoms with E-state index in [0.29, 0.717) is 29.5 Å². The van der Waals surface area contributed by atoms with Crippen LogP contribution in [-0.4, -0.2) is 19.1 Å². The van der Waals surface area contributed by atoms with Gasteiger partial charge in [0, 0.05) is 11.6 Å². The smallest absolute Gasteiger partial charge is 0.255 e. The maximum atomic E-state index is 12.3. The van der Waals surface area contributed by atoms with Crippen molar-refractivity contribution in [2.75, 3.05) is 13.2 Å². The molecule has 2 aromatic rings. The van der Waals surface area contributed by atoms with Crippen LogP contribution in [0.5, 0.6) is 5.75 Å². The van der Waals surface area contributed by atoms with Crippen LogP contribution in [0.2, 0.25) is 5.02 Å². The lowest BCUT2D eigenvalue weighted by atomic mass is 10.1. The molecule has 0 unspecified atom stereocenters. The number of rotatable bonds is 6. The van der Waals surface area contributed by atoms with Crippen molar-refractivity contribution >= 4 is 17.5 Å². The average Bonchev–Trinajstić information content (AvgIpc) is 2.51. The zero-order valence-electron chi connectivity index (χ0n) is 12.9. The van der Waals surface area contributed by atoms with Gasteiger partial charge >= 0.3 is 0 Å². The van der Waals surface area contributed by atoms with E-state index in [1.54, 1.807) is 18.2 Å². The first-order valence-electron chi connectivity index (χ1n) is 7.36. The molecule has 0 atom stereocenters. The molecule has 0 saturated carbocycles. The van der Waals surface area contributed by atoms with E-state index in [1.807, 2.05) is 6.92 Å². The molecule has 116 valence electrons. The molecule has 3 nitrogen and oxygen atoms in total. The monoisotopic (exact) mass is 317 g/mol. The van der Waals surface area contributed by atoms with E-state index in [4.69, 9.17) is 16.3 Å². The molecule has 2 rings (SSSR count). The largest absolute Gasteiger partial charge is 0.493 e. The Morgan fingerprint density at radius 3 is 2.59 bits per heavy atom.